The molecule has 2 aromatic heterocycles. The molecule has 2 rings (SSSR count). The maximum absolute atomic E-state index is 12.2. The van der Waals surface area contributed by atoms with E-state index in [-0.39, 0.29) is 5.91 Å². The number of carbonyl (C=O) groups is 1. The van der Waals surface area contributed by atoms with E-state index in [1.165, 1.54) is 6.26 Å². The second kappa shape index (κ2) is 7.64. The van der Waals surface area contributed by atoms with Crippen LogP contribution in [0.4, 0.5) is 0 Å². The maximum Gasteiger partial charge on any atom is 0.257 e. The van der Waals surface area contributed by atoms with Crippen LogP contribution in [0.25, 0.3) is 11.5 Å². The molecule has 0 unspecified atom stereocenters. The predicted octanol–water partition coefficient (Wildman–Crippen LogP) is 2.79. The highest BCUT2D eigenvalue weighted by molar-refractivity contribution is 6.00. The van der Waals surface area contributed by atoms with Gasteiger partial charge < -0.3 is 19.0 Å². The number of amides is 1. The van der Waals surface area contributed by atoms with Gasteiger partial charge in [0.15, 0.2) is 5.76 Å². The van der Waals surface area contributed by atoms with E-state index in [1.807, 2.05) is 0 Å². The summed E-state index contributed by atoms with van der Waals surface area (Å²) in [4.78, 5) is 12.2. The summed E-state index contributed by atoms with van der Waals surface area (Å²) in [6.07, 6.45) is 3.30. The first kappa shape index (κ1) is 15.3. The van der Waals surface area contributed by atoms with Gasteiger partial charge in [-0.15, -0.1) is 0 Å². The second-order valence-electron chi connectivity index (χ2n) is 4.67. The van der Waals surface area contributed by atoms with E-state index < -0.39 is 0 Å². The summed E-state index contributed by atoms with van der Waals surface area (Å²) >= 11 is 0. The Morgan fingerprint density at radius 2 is 2.29 bits per heavy atom. The molecule has 114 valence electrons. The fourth-order valence-electron chi connectivity index (χ4n) is 1.92. The molecule has 0 radical (unpaired) electrons. The van der Waals surface area contributed by atoms with Gasteiger partial charge in [-0.05, 0) is 31.9 Å². The zero-order valence-electron chi connectivity index (χ0n) is 12.3. The summed E-state index contributed by atoms with van der Waals surface area (Å²) in [7, 11) is 0. The van der Waals surface area contributed by atoms with Crippen molar-refractivity contribution < 1.29 is 18.5 Å². The first-order valence-electron chi connectivity index (χ1n) is 7.10. The standard InChI is InChI=1S/C15H20N2O4/c1-3-8-19-9-5-7-16-15(18)13-11(2)17-21-14(13)12-6-4-10-20-12/h4,6,10H,3,5,7-9H2,1-2H3,(H,16,18). The zero-order valence-corrected chi connectivity index (χ0v) is 12.3. The van der Waals surface area contributed by atoms with Crippen LogP contribution < -0.4 is 5.32 Å². The van der Waals surface area contributed by atoms with E-state index in [0.29, 0.717) is 35.9 Å². The molecule has 1 N–H and O–H groups in total. The Balaban J connectivity index is 1.92. The SMILES string of the molecule is CCCOCCCNC(=O)c1c(C)noc1-c1ccco1. The third kappa shape index (κ3) is 3.95. The minimum absolute atomic E-state index is 0.212. The molecule has 1 amide bonds. The van der Waals surface area contributed by atoms with Gasteiger partial charge in [-0.3, -0.25) is 4.79 Å². The third-order valence-corrected chi connectivity index (χ3v) is 2.93. The van der Waals surface area contributed by atoms with Crippen LogP contribution in [0, 0.1) is 6.92 Å². The molecule has 0 aliphatic carbocycles. The fraction of sp³-hybridized carbons (Fsp3) is 0.467. The average molecular weight is 292 g/mol. The molecule has 0 aliphatic rings. The first-order chi connectivity index (χ1) is 10.2. The van der Waals surface area contributed by atoms with Crippen molar-refractivity contribution in [2.75, 3.05) is 19.8 Å². The van der Waals surface area contributed by atoms with Gasteiger partial charge in [0.2, 0.25) is 5.76 Å². The Hall–Kier alpha value is -2.08. The van der Waals surface area contributed by atoms with Gasteiger partial charge in [0, 0.05) is 19.8 Å². The number of carbonyl (C=O) groups excluding carboxylic acids is 1. The number of aryl methyl sites for hydroxylation is 1. The van der Waals surface area contributed by atoms with Gasteiger partial charge in [-0.1, -0.05) is 12.1 Å². The van der Waals surface area contributed by atoms with Crippen LogP contribution >= 0.6 is 0 Å². The largest absolute Gasteiger partial charge is 0.461 e. The average Bonchev–Trinajstić information content (AvgIpc) is 3.11. The lowest BCUT2D eigenvalue weighted by Gasteiger charge is -2.05. The van der Waals surface area contributed by atoms with E-state index in [1.54, 1.807) is 19.1 Å². The smallest absolute Gasteiger partial charge is 0.257 e. The van der Waals surface area contributed by atoms with Gasteiger partial charge in [-0.2, -0.15) is 0 Å². The molecule has 6 nitrogen and oxygen atoms in total. The molecule has 0 aliphatic heterocycles. The van der Waals surface area contributed by atoms with Crippen molar-refractivity contribution in [3.05, 3.63) is 29.7 Å². The number of furan rings is 1. The molecular weight excluding hydrogens is 272 g/mol. The van der Waals surface area contributed by atoms with Gasteiger partial charge >= 0.3 is 0 Å². The summed E-state index contributed by atoms with van der Waals surface area (Å²) in [5.41, 5.74) is 0.959. The Morgan fingerprint density at radius 1 is 1.43 bits per heavy atom. The Kier molecular flexibility index (Phi) is 5.57. The van der Waals surface area contributed by atoms with Gasteiger partial charge in [-0.25, -0.2) is 0 Å². The highest BCUT2D eigenvalue weighted by atomic mass is 16.5. The predicted molar refractivity (Wildman–Crippen MR) is 77.0 cm³/mol. The third-order valence-electron chi connectivity index (χ3n) is 2.93. The van der Waals surface area contributed by atoms with Crippen LogP contribution in [-0.4, -0.2) is 30.8 Å². The molecule has 6 heteroatoms. The molecule has 0 spiro atoms. The second-order valence-corrected chi connectivity index (χ2v) is 4.67. The summed E-state index contributed by atoms with van der Waals surface area (Å²) in [6.45, 7) is 5.73. The maximum atomic E-state index is 12.2. The van der Waals surface area contributed by atoms with E-state index >= 15 is 0 Å². The molecule has 0 aromatic carbocycles. The zero-order chi connectivity index (χ0) is 15.1. The van der Waals surface area contributed by atoms with Crippen LogP contribution in [0.15, 0.2) is 27.3 Å². The van der Waals surface area contributed by atoms with Gasteiger partial charge in [0.25, 0.3) is 5.91 Å². The molecule has 0 saturated carbocycles. The summed E-state index contributed by atoms with van der Waals surface area (Å²) in [5, 5.41) is 6.69. The van der Waals surface area contributed by atoms with Crippen molar-refractivity contribution in [1.82, 2.24) is 10.5 Å². The highest BCUT2D eigenvalue weighted by Gasteiger charge is 2.23. The number of rotatable bonds is 8. The Bertz CT molecular complexity index is 560. The topological polar surface area (TPSA) is 77.5 Å². The first-order valence-corrected chi connectivity index (χ1v) is 7.10. The minimum atomic E-state index is -0.212. The molecule has 0 atom stereocenters. The van der Waals surface area contributed by atoms with E-state index in [9.17, 15) is 4.79 Å². The number of hydrogen-bond donors (Lipinski definition) is 1. The van der Waals surface area contributed by atoms with Crippen molar-refractivity contribution in [3.8, 4) is 11.5 Å². The van der Waals surface area contributed by atoms with Crippen molar-refractivity contribution >= 4 is 5.91 Å². The highest BCUT2D eigenvalue weighted by Crippen LogP contribution is 2.26. The Morgan fingerprint density at radius 3 is 3.00 bits per heavy atom. The normalized spacial score (nSPS) is 10.8. The Labute approximate surface area is 123 Å². The molecule has 0 fully saturated rings. The van der Waals surface area contributed by atoms with Crippen LogP contribution in [0.5, 0.6) is 0 Å². The number of ether oxygens (including phenoxy) is 1. The quantitative estimate of drug-likeness (QED) is 0.757. The molecule has 0 saturated heterocycles. The molecule has 2 heterocycles. The molecule has 21 heavy (non-hydrogen) atoms. The summed E-state index contributed by atoms with van der Waals surface area (Å²) in [5.74, 6) is 0.639. The number of hydrogen-bond acceptors (Lipinski definition) is 5. The molecular formula is C15H20N2O4. The van der Waals surface area contributed by atoms with Crippen LogP contribution in [0.1, 0.15) is 35.8 Å². The fourth-order valence-corrected chi connectivity index (χ4v) is 1.92. The van der Waals surface area contributed by atoms with Crippen molar-refractivity contribution in [2.45, 2.75) is 26.7 Å². The van der Waals surface area contributed by atoms with E-state index in [2.05, 4.69) is 17.4 Å². The van der Waals surface area contributed by atoms with E-state index in [4.69, 9.17) is 13.7 Å². The molecule has 0 bridgehead atoms. The number of aromatic nitrogens is 1. The lowest BCUT2D eigenvalue weighted by molar-refractivity contribution is 0.0941. The monoisotopic (exact) mass is 292 g/mol. The summed E-state index contributed by atoms with van der Waals surface area (Å²) < 4.78 is 15.8. The van der Waals surface area contributed by atoms with Crippen molar-refractivity contribution in [2.24, 2.45) is 0 Å². The van der Waals surface area contributed by atoms with E-state index in [0.717, 1.165) is 19.4 Å². The van der Waals surface area contributed by atoms with Crippen molar-refractivity contribution in [1.29, 1.82) is 0 Å². The number of nitrogens with one attached hydrogen (secondary N) is 1. The van der Waals surface area contributed by atoms with Gasteiger partial charge in [0.05, 0.1) is 12.0 Å². The minimum Gasteiger partial charge on any atom is -0.461 e. The van der Waals surface area contributed by atoms with Gasteiger partial charge in [0.1, 0.15) is 5.56 Å². The number of nitrogens with zero attached hydrogens (tertiary/aromatic N) is 1. The molecule has 2 aromatic rings. The van der Waals surface area contributed by atoms with Crippen LogP contribution in [0.3, 0.4) is 0 Å². The summed E-state index contributed by atoms with van der Waals surface area (Å²) in [6, 6.07) is 3.47. The van der Waals surface area contributed by atoms with Crippen molar-refractivity contribution in [3.63, 3.8) is 0 Å². The van der Waals surface area contributed by atoms with Crippen LogP contribution in [0.2, 0.25) is 0 Å². The van der Waals surface area contributed by atoms with Crippen LogP contribution in [-0.2, 0) is 4.74 Å². The lowest BCUT2D eigenvalue weighted by Crippen LogP contribution is -2.26. The lowest BCUT2D eigenvalue weighted by atomic mass is 10.1.